The summed E-state index contributed by atoms with van der Waals surface area (Å²) in [7, 11) is 0. The highest BCUT2D eigenvalue weighted by molar-refractivity contribution is 6.30. The van der Waals surface area contributed by atoms with Crippen LogP contribution in [0.1, 0.15) is 46.5 Å². The number of rotatable bonds is 12. The van der Waals surface area contributed by atoms with Gasteiger partial charge in [-0.1, -0.05) is 44.0 Å². The van der Waals surface area contributed by atoms with Gasteiger partial charge in [0.15, 0.2) is 0 Å². The summed E-state index contributed by atoms with van der Waals surface area (Å²) in [5.41, 5.74) is -1.57. The zero-order valence-corrected chi connectivity index (χ0v) is 23.7. The molecule has 0 radical (unpaired) electrons. The van der Waals surface area contributed by atoms with E-state index >= 15 is 0 Å². The third kappa shape index (κ3) is 4.81. The molecule has 8 nitrogen and oxygen atoms in total. The molecule has 3 aliphatic rings. The van der Waals surface area contributed by atoms with Gasteiger partial charge in [-0.05, 0) is 56.4 Å². The first-order valence-electron chi connectivity index (χ1n) is 13.7. The van der Waals surface area contributed by atoms with Crippen LogP contribution in [0.25, 0.3) is 0 Å². The summed E-state index contributed by atoms with van der Waals surface area (Å²) in [5.74, 6) is -3.05. The van der Waals surface area contributed by atoms with E-state index in [9.17, 15) is 19.5 Å². The van der Waals surface area contributed by atoms with Gasteiger partial charge in [0, 0.05) is 17.3 Å². The van der Waals surface area contributed by atoms with Crippen molar-refractivity contribution in [2.24, 2.45) is 17.8 Å². The molecule has 2 amide bonds. The number of hydrogen-bond donors (Lipinski definition) is 1. The molecule has 1 aromatic carbocycles. The maximum Gasteiger partial charge on any atom is 0.312 e. The van der Waals surface area contributed by atoms with Gasteiger partial charge in [0.25, 0.3) is 5.91 Å². The third-order valence-corrected chi connectivity index (χ3v) is 9.08. The van der Waals surface area contributed by atoms with Crippen molar-refractivity contribution >= 4 is 35.1 Å². The number of nitrogens with zero attached hydrogens (tertiary/aromatic N) is 2. The van der Waals surface area contributed by atoms with Crippen molar-refractivity contribution in [3.63, 3.8) is 0 Å². The lowest BCUT2D eigenvalue weighted by molar-refractivity contribution is -0.160. The normalized spacial score (nSPS) is 30.5. The van der Waals surface area contributed by atoms with E-state index in [0.29, 0.717) is 36.4 Å². The summed E-state index contributed by atoms with van der Waals surface area (Å²) in [6, 6.07) is 5.22. The number of aliphatic hydroxyl groups is 1. The van der Waals surface area contributed by atoms with E-state index in [1.807, 2.05) is 20.8 Å². The lowest BCUT2D eigenvalue weighted by Gasteiger charge is -2.41. The molecule has 0 aromatic heterocycles. The molecular weight excluding hydrogens is 520 g/mol. The van der Waals surface area contributed by atoms with E-state index in [4.69, 9.17) is 21.1 Å². The molecule has 3 heterocycles. The Bertz CT molecular complexity index is 1120. The van der Waals surface area contributed by atoms with E-state index in [0.717, 1.165) is 0 Å². The molecule has 3 fully saturated rings. The third-order valence-electron chi connectivity index (χ3n) is 8.83. The van der Waals surface area contributed by atoms with E-state index in [2.05, 4.69) is 13.2 Å². The lowest BCUT2D eigenvalue weighted by atomic mass is 9.66. The average Bonchev–Trinajstić information content (AvgIpc) is 3.49. The molecular formula is C30H39ClN2O6. The second-order valence-corrected chi connectivity index (χ2v) is 11.5. The monoisotopic (exact) mass is 558 g/mol. The summed E-state index contributed by atoms with van der Waals surface area (Å²) in [6.45, 7) is 13.3. The first-order valence-corrected chi connectivity index (χ1v) is 14.1. The molecule has 3 aliphatic heterocycles. The highest BCUT2D eigenvalue weighted by atomic mass is 35.5. The van der Waals surface area contributed by atoms with Crippen molar-refractivity contribution in [3.05, 3.63) is 54.6 Å². The van der Waals surface area contributed by atoms with Crippen LogP contribution in [0.5, 0.6) is 0 Å². The first-order chi connectivity index (χ1) is 18.6. The Hall–Kier alpha value is -2.68. The molecule has 2 bridgehead atoms. The molecule has 1 aromatic rings. The largest absolute Gasteiger partial charge is 0.465 e. The highest BCUT2D eigenvalue weighted by Gasteiger charge is 2.79. The number of carbonyl (C=O) groups is 3. The van der Waals surface area contributed by atoms with Crippen LogP contribution >= 0.6 is 11.6 Å². The van der Waals surface area contributed by atoms with Crippen LogP contribution in [-0.2, 0) is 23.9 Å². The standard InChI is InChI=1S/C30H39ClN2O6/c1-6-9-17-38-28(37)24-23-26(35)33(22(18-34)19(4)8-3)25(30(23)15-14-29(24,5)39-30)27(36)32(16-7-2)21-12-10-20(31)11-13-21/h6-7,10-13,19,22-25,34H,1-2,8-9,14-18H2,3-5H3/t19-,22-,23-,24+,25?,29-,30?/m0/s1. The highest BCUT2D eigenvalue weighted by Crippen LogP contribution is 2.64. The summed E-state index contributed by atoms with van der Waals surface area (Å²) < 4.78 is 12.2. The van der Waals surface area contributed by atoms with Gasteiger partial charge < -0.3 is 24.4 Å². The molecule has 4 rings (SSSR count). The number of fused-ring (bicyclic) bond motifs is 1. The maximum atomic E-state index is 14.6. The Labute approximate surface area is 235 Å². The Kier molecular flexibility index (Phi) is 8.59. The number of hydrogen-bond acceptors (Lipinski definition) is 6. The quantitative estimate of drug-likeness (QED) is 0.235. The van der Waals surface area contributed by atoms with Crippen LogP contribution in [0.2, 0.25) is 5.02 Å². The number of halogens is 1. The van der Waals surface area contributed by atoms with E-state index in [1.54, 1.807) is 41.3 Å². The van der Waals surface area contributed by atoms with Crippen molar-refractivity contribution < 1.29 is 29.0 Å². The molecule has 0 aliphatic carbocycles. The van der Waals surface area contributed by atoms with Gasteiger partial charge in [-0.2, -0.15) is 0 Å². The van der Waals surface area contributed by atoms with Gasteiger partial charge in [-0.3, -0.25) is 14.4 Å². The van der Waals surface area contributed by atoms with Crippen LogP contribution in [-0.4, -0.2) is 70.8 Å². The van der Waals surface area contributed by atoms with Gasteiger partial charge in [0.05, 0.1) is 30.8 Å². The van der Waals surface area contributed by atoms with Gasteiger partial charge >= 0.3 is 5.97 Å². The van der Waals surface area contributed by atoms with E-state index in [1.165, 1.54) is 4.90 Å². The molecule has 3 saturated heterocycles. The Balaban J connectivity index is 1.83. The molecule has 9 heteroatoms. The summed E-state index contributed by atoms with van der Waals surface area (Å²) in [6.07, 6.45) is 5.40. The molecule has 212 valence electrons. The van der Waals surface area contributed by atoms with Gasteiger partial charge in [-0.25, -0.2) is 0 Å². The van der Waals surface area contributed by atoms with Crippen molar-refractivity contribution in [1.29, 1.82) is 0 Å². The minimum atomic E-state index is -1.22. The first kappa shape index (κ1) is 29.3. The topological polar surface area (TPSA) is 96.4 Å². The number of carbonyl (C=O) groups excluding carboxylic acids is 3. The maximum absolute atomic E-state index is 14.6. The fraction of sp³-hybridized carbons (Fsp3) is 0.567. The molecule has 1 spiro atoms. The SMILES string of the molecule is C=CCCOC(=O)[C@H]1[C@H]2C(=O)N([C@@H](CO)[C@@H](C)CC)C(C(=O)N(CC=C)c3ccc(Cl)cc3)C23CC[C@]1(C)O3. The van der Waals surface area contributed by atoms with Crippen LogP contribution in [0.4, 0.5) is 5.69 Å². The molecule has 2 unspecified atom stereocenters. The van der Waals surface area contributed by atoms with Gasteiger partial charge in [-0.15, -0.1) is 13.2 Å². The molecule has 7 atom stereocenters. The molecule has 39 heavy (non-hydrogen) atoms. The van der Waals surface area contributed by atoms with Crippen molar-refractivity contribution in [1.82, 2.24) is 4.90 Å². The van der Waals surface area contributed by atoms with E-state index in [-0.39, 0.29) is 37.5 Å². The summed E-state index contributed by atoms with van der Waals surface area (Å²) in [5, 5.41) is 11.0. The second kappa shape index (κ2) is 11.4. The zero-order valence-electron chi connectivity index (χ0n) is 23.0. The number of benzene rings is 1. The fourth-order valence-corrected chi connectivity index (χ4v) is 6.85. The number of likely N-dealkylation sites (tertiary alicyclic amines) is 1. The number of aliphatic hydroxyl groups excluding tert-OH is 1. The number of amides is 2. The van der Waals surface area contributed by atoms with Crippen LogP contribution in [0, 0.1) is 17.8 Å². The van der Waals surface area contributed by atoms with E-state index < -0.39 is 41.1 Å². The van der Waals surface area contributed by atoms with Crippen LogP contribution in [0.3, 0.4) is 0 Å². The summed E-state index contributed by atoms with van der Waals surface area (Å²) >= 11 is 6.11. The predicted molar refractivity (Wildman–Crippen MR) is 149 cm³/mol. The molecule has 1 N–H and O–H groups in total. The molecule has 0 saturated carbocycles. The Morgan fingerprint density at radius 3 is 2.56 bits per heavy atom. The predicted octanol–water partition coefficient (Wildman–Crippen LogP) is 4.15. The minimum absolute atomic E-state index is 0.0985. The lowest BCUT2D eigenvalue weighted by Crippen LogP contribution is -2.60. The van der Waals surface area contributed by atoms with Crippen molar-refractivity contribution in [3.8, 4) is 0 Å². The number of ether oxygens (including phenoxy) is 2. The van der Waals surface area contributed by atoms with Crippen molar-refractivity contribution in [2.75, 3.05) is 24.7 Å². The Morgan fingerprint density at radius 2 is 1.97 bits per heavy atom. The zero-order chi connectivity index (χ0) is 28.5. The minimum Gasteiger partial charge on any atom is -0.465 e. The van der Waals surface area contributed by atoms with Crippen molar-refractivity contribution in [2.45, 2.75) is 69.7 Å². The van der Waals surface area contributed by atoms with Gasteiger partial charge in [0.2, 0.25) is 5.91 Å². The summed E-state index contributed by atoms with van der Waals surface area (Å²) in [4.78, 5) is 45.4. The van der Waals surface area contributed by atoms with Crippen LogP contribution < -0.4 is 4.90 Å². The smallest absolute Gasteiger partial charge is 0.312 e. The average molecular weight is 559 g/mol. The van der Waals surface area contributed by atoms with Gasteiger partial charge in [0.1, 0.15) is 17.6 Å². The van der Waals surface area contributed by atoms with Crippen LogP contribution in [0.15, 0.2) is 49.6 Å². The number of anilines is 1. The second-order valence-electron chi connectivity index (χ2n) is 11.1. The fourth-order valence-electron chi connectivity index (χ4n) is 6.73. The number of esters is 1. The Morgan fingerprint density at radius 1 is 1.28 bits per heavy atom.